The molecule has 3 nitrogen and oxygen atoms in total. The number of esters is 1. The van der Waals surface area contributed by atoms with Gasteiger partial charge < -0.3 is 9.84 Å². The molecule has 1 unspecified atom stereocenters. The lowest BCUT2D eigenvalue weighted by Crippen LogP contribution is -2.37. The van der Waals surface area contributed by atoms with E-state index in [2.05, 4.69) is 4.74 Å². The van der Waals surface area contributed by atoms with E-state index in [1.54, 1.807) is 0 Å². The van der Waals surface area contributed by atoms with Crippen LogP contribution in [0, 0.1) is 0 Å². The number of methoxy groups -OCH3 is 1. The highest BCUT2D eigenvalue weighted by molar-refractivity contribution is 6.20. The van der Waals surface area contributed by atoms with Crippen molar-refractivity contribution in [3.63, 3.8) is 0 Å². The van der Waals surface area contributed by atoms with Gasteiger partial charge in [0.15, 0.2) is 5.60 Å². The first kappa shape index (κ1) is 8.72. The van der Waals surface area contributed by atoms with Gasteiger partial charge >= 0.3 is 5.97 Å². The molecule has 0 aromatic heterocycles. The molecule has 0 aromatic rings. The minimum atomic E-state index is -1.55. The lowest BCUT2D eigenvalue weighted by Gasteiger charge is -2.15. The molecular weight excluding hydrogens is 144 g/mol. The highest BCUT2D eigenvalue weighted by Gasteiger charge is 2.29. The van der Waals surface area contributed by atoms with Gasteiger partial charge in [0.2, 0.25) is 0 Å². The Labute approximate surface area is 58.6 Å². The molecule has 0 radical (unpaired) electrons. The summed E-state index contributed by atoms with van der Waals surface area (Å²) in [6, 6.07) is 0. The molecule has 0 rings (SSSR count). The van der Waals surface area contributed by atoms with Crippen LogP contribution >= 0.6 is 11.6 Å². The van der Waals surface area contributed by atoms with Crippen LogP contribution in [0.2, 0.25) is 0 Å². The standard InChI is InChI=1S/C5H9ClO3/c1-5(8,3-6)4(7)9-2/h8H,3H2,1-2H3. The van der Waals surface area contributed by atoms with Crippen molar-refractivity contribution in [3.8, 4) is 0 Å². The van der Waals surface area contributed by atoms with Crippen molar-refractivity contribution in [1.29, 1.82) is 0 Å². The predicted octanol–water partition coefficient (Wildman–Crippen LogP) is 0.149. The normalized spacial score (nSPS) is 16.4. The Morgan fingerprint density at radius 3 is 2.44 bits per heavy atom. The predicted molar refractivity (Wildman–Crippen MR) is 33.4 cm³/mol. The van der Waals surface area contributed by atoms with Crippen molar-refractivity contribution >= 4 is 17.6 Å². The summed E-state index contributed by atoms with van der Waals surface area (Å²) in [5, 5.41) is 8.99. The highest BCUT2D eigenvalue weighted by Crippen LogP contribution is 2.06. The number of alkyl halides is 1. The maximum absolute atomic E-state index is 10.5. The lowest BCUT2D eigenvalue weighted by molar-refractivity contribution is -0.158. The Bertz CT molecular complexity index is 111. The molecule has 1 N–H and O–H groups in total. The van der Waals surface area contributed by atoms with Gasteiger partial charge in [-0.1, -0.05) is 0 Å². The number of aliphatic hydroxyl groups is 1. The molecule has 0 aliphatic heterocycles. The van der Waals surface area contributed by atoms with Crippen LogP contribution in [-0.4, -0.2) is 29.7 Å². The van der Waals surface area contributed by atoms with E-state index in [4.69, 9.17) is 16.7 Å². The maximum atomic E-state index is 10.5. The van der Waals surface area contributed by atoms with Crippen molar-refractivity contribution in [1.82, 2.24) is 0 Å². The summed E-state index contributed by atoms with van der Waals surface area (Å²) in [4.78, 5) is 10.5. The van der Waals surface area contributed by atoms with E-state index in [9.17, 15) is 4.79 Å². The minimum Gasteiger partial charge on any atom is -0.467 e. The SMILES string of the molecule is COC(=O)C(C)(O)CCl. The van der Waals surface area contributed by atoms with E-state index in [0.717, 1.165) is 0 Å². The first-order chi connectivity index (χ1) is 4.04. The van der Waals surface area contributed by atoms with Gasteiger partial charge in [0.25, 0.3) is 0 Å². The molecule has 0 aliphatic rings. The molecule has 0 amide bonds. The van der Waals surface area contributed by atoms with Gasteiger partial charge in [-0.05, 0) is 6.92 Å². The van der Waals surface area contributed by atoms with Crippen molar-refractivity contribution in [2.45, 2.75) is 12.5 Å². The summed E-state index contributed by atoms with van der Waals surface area (Å²) in [6.45, 7) is 1.30. The van der Waals surface area contributed by atoms with Gasteiger partial charge in [-0.25, -0.2) is 4.79 Å². The molecule has 1 atom stereocenters. The number of hydrogen-bond acceptors (Lipinski definition) is 3. The third-order valence-electron chi connectivity index (χ3n) is 0.885. The van der Waals surface area contributed by atoms with Crippen LogP contribution in [0.3, 0.4) is 0 Å². The van der Waals surface area contributed by atoms with Crippen LogP contribution in [0.5, 0.6) is 0 Å². The van der Waals surface area contributed by atoms with Crippen LogP contribution in [0.25, 0.3) is 0 Å². The number of ether oxygens (including phenoxy) is 1. The largest absolute Gasteiger partial charge is 0.467 e. The number of hydrogen-bond donors (Lipinski definition) is 1. The lowest BCUT2D eigenvalue weighted by atomic mass is 10.1. The van der Waals surface area contributed by atoms with Gasteiger partial charge in [0, 0.05) is 0 Å². The molecule has 0 fully saturated rings. The zero-order valence-electron chi connectivity index (χ0n) is 5.35. The van der Waals surface area contributed by atoms with Crippen molar-refractivity contribution in [2.24, 2.45) is 0 Å². The third-order valence-corrected chi connectivity index (χ3v) is 1.41. The fraction of sp³-hybridized carbons (Fsp3) is 0.800. The average molecular weight is 153 g/mol. The fourth-order valence-electron chi connectivity index (χ4n) is 0.274. The van der Waals surface area contributed by atoms with E-state index in [1.807, 2.05) is 0 Å². The molecule has 0 bridgehead atoms. The summed E-state index contributed by atoms with van der Waals surface area (Å²) < 4.78 is 4.23. The summed E-state index contributed by atoms with van der Waals surface area (Å²) in [5.74, 6) is -0.864. The quantitative estimate of drug-likeness (QED) is 0.453. The van der Waals surface area contributed by atoms with Gasteiger partial charge in [-0.15, -0.1) is 11.6 Å². The Balaban J connectivity index is 3.97. The summed E-state index contributed by atoms with van der Waals surface area (Å²) in [6.07, 6.45) is 0. The van der Waals surface area contributed by atoms with Gasteiger partial charge in [-0.2, -0.15) is 0 Å². The number of rotatable bonds is 2. The molecule has 0 spiro atoms. The Morgan fingerprint density at radius 1 is 1.89 bits per heavy atom. The van der Waals surface area contributed by atoms with E-state index in [-0.39, 0.29) is 5.88 Å². The van der Waals surface area contributed by atoms with E-state index in [1.165, 1.54) is 14.0 Å². The molecule has 54 valence electrons. The number of carbonyl (C=O) groups excluding carboxylic acids is 1. The van der Waals surface area contributed by atoms with E-state index < -0.39 is 11.6 Å². The first-order valence-corrected chi connectivity index (χ1v) is 2.95. The van der Waals surface area contributed by atoms with Crippen LogP contribution < -0.4 is 0 Å². The zero-order chi connectivity index (χ0) is 7.49. The average Bonchev–Trinajstić information content (AvgIpc) is 1.86. The summed E-state index contributed by atoms with van der Waals surface area (Å²) >= 11 is 5.22. The Morgan fingerprint density at radius 2 is 2.33 bits per heavy atom. The van der Waals surface area contributed by atoms with Crippen molar-refractivity contribution in [3.05, 3.63) is 0 Å². The molecule has 4 heteroatoms. The second-order valence-corrected chi connectivity index (χ2v) is 2.17. The van der Waals surface area contributed by atoms with Crippen LogP contribution in [-0.2, 0) is 9.53 Å². The Hall–Kier alpha value is -0.280. The number of carbonyl (C=O) groups is 1. The molecule has 0 aromatic carbocycles. The van der Waals surface area contributed by atoms with Crippen LogP contribution in [0.4, 0.5) is 0 Å². The molecule has 9 heavy (non-hydrogen) atoms. The smallest absolute Gasteiger partial charge is 0.338 e. The van der Waals surface area contributed by atoms with Crippen molar-refractivity contribution < 1.29 is 14.6 Å². The fourth-order valence-corrected chi connectivity index (χ4v) is 0.384. The molecule has 0 saturated carbocycles. The minimum absolute atomic E-state index is 0.153. The van der Waals surface area contributed by atoms with E-state index >= 15 is 0 Å². The topological polar surface area (TPSA) is 46.5 Å². The van der Waals surface area contributed by atoms with Gasteiger partial charge in [0.1, 0.15) is 0 Å². The molecule has 0 saturated heterocycles. The van der Waals surface area contributed by atoms with E-state index in [0.29, 0.717) is 0 Å². The monoisotopic (exact) mass is 152 g/mol. The van der Waals surface area contributed by atoms with Crippen molar-refractivity contribution in [2.75, 3.05) is 13.0 Å². The first-order valence-electron chi connectivity index (χ1n) is 2.41. The van der Waals surface area contributed by atoms with Gasteiger partial charge in [0.05, 0.1) is 13.0 Å². The van der Waals surface area contributed by atoms with Crippen LogP contribution in [0.15, 0.2) is 0 Å². The number of halogens is 1. The Kier molecular flexibility index (Phi) is 2.94. The summed E-state index contributed by atoms with van der Waals surface area (Å²) in [7, 11) is 1.20. The van der Waals surface area contributed by atoms with Gasteiger partial charge in [-0.3, -0.25) is 0 Å². The second kappa shape index (κ2) is 3.03. The maximum Gasteiger partial charge on any atom is 0.338 e. The summed E-state index contributed by atoms with van der Waals surface area (Å²) in [5.41, 5.74) is -1.55. The molecule has 0 heterocycles. The third kappa shape index (κ3) is 2.20. The highest BCUT2D eigenvalue weighted by atomic mass is 35.5. The molecular formula is C5H9ClO3. The molecule has 0 aliphatic carbocycles. The second-order valence-electron chi connectivity index (χ2n) is 1.90. The zero-order valence-corrected chi connectivity index (χ0v) is 6.10. The van der Waals surface area contributed by atoms with Crippen LogP contribution in [0.1, 0.15) is 6.92 Å².